The predicted molar refractivity (Wildman–Crippen MR) is 59.1 cm³/mol. The van der Waals surface area contributed by atoms with Gasteiger partial charge in [0.25, 0.3) is 0 Å². The Kier molecular flexibility index (Phi) is 3.69. The fourth-order valence-electron chi connectivity index (χ4n) is 1.95. The van der Waals surface area contributed by atoms with Crippen molar-refractivity contribution in [1.29, 1.82) is 0 Å². The van der Waals surface area contributed by atoms with Gasteiger partial charge in [0, 0.05) is 24.7 Å². The maximum atomic E-state index is 13.2. The Balaban J connectivity index is 1.75. The van der Waals surface area contributed by atoms with Crippen LogP contribution in [0.25, 0.3) is 0 Å². The molecule has 0 aromatic heterocycles. The second-order valence-electron chi connectivity index (χ2n) is 4.02. The Bertz CT molecular complexity index is 308. The van der Waals surface area contributed by atoms with Gasteiger partial charge in [-0.2, -0.15) is 0 Å². The molecule has 3 heteroatoms. The summed E-state index contributed by atoms with van der Waals surface area (Å²) in [7, 11) is 0. The van der Waals surface area contributed by atoms with Gasteiger partial charge in [0.1, 0.15) is 5.82 Å². The topological polar surface area (TPSA) is 24.1 Å². The van der Waals surface area contributed by atoms with Crippen molar-refractivity contribution in [1.82, 2.24) is 10.6 Å². The lowest BCUT2D eigenvalue weighted by atomic mass is 10.2. The Morgan fingerprint density at radius 2 is 2.27 bits per heavy atom. The molecule has 1 heterocycles. The molecular formula is C12H17FN2. The van der Waals surface area contributed by atoms with Gasteiger partial charge >= 0.3 is 0 Å². The van der Waals surface area contributed by atoms with E-state index in [1.54, 1.807) is 6.07 Å². The summed E-state index contributed by atoms with van der Waals surface area (Å²) in [6.45, 7) is 2.66. The van der Waals surface area contributed by atoms with Crippen LogP contribution in [0.4, 0.5) is 4.39 Å². The molecule has 0 amide bonds. The first-order chi connectivity index (χ1) is 7.36. The highest BCUT2D eigenvalue weighted by Crippen LogP contribution is 2.07. The number of benzene rings is 1. The van der Waals surface area contributed by atoms with Gasteiger partial charge in [-0.3, -0.25) is 0 Å². The van der Waals surface area contributed by atoms with Crippen molar-refractivity contribution in [2.75, 3.05) is 13.1 Å². The van der Waals surface area contributed by atoms with Crippen LogP contribution in [0.15, 0.2) is 24.3 Å². The molecule has 1 atom stereocenters. The molecule has 0 unspecified atom stereocenters. The minimum absolute atomic E-state index is 0.121. The maximum Gasteiger partial charge on any atom is 0.127 e. The van der Waals surface area contributed by atoms with E-state index in [0.717, 1.165) is 18.7 Å². The molecule has 1 saturated heterocycles. The fraction of sp³-hybridized carbons (Fsp3) is 0.500. The lowest BCUT2D eigenvalue weighted by Gasteiger charge is -2.11. The molecule has 0 radical (unpaired) electrons. The van der Waals surface area contributed by atoms with Crippen LogP contribution in [0.1, 0.15) is 18.4 Å². The van der Waals surface area contributed by atoms with Crippen molar-refractivity contribution in [3.05, 3.63) is 35.6 Å². The van der Waals surface area contributed by atoms with Crippen molar-refractivity contribution < 1.29 is 4.39 Å². The number of halogens is 1. The van der Waals surface area contributed by atoms with Crippen molar-refractivity contribution in [3.63, 3.8) is 0 Å². The second kappa shape index (κ2) is 5.24. The van der Waals surface area contributed by atoms with Crippen LogP contribution < -0.4 is 10.6 Å². The van der Waals surface area contributed by atoms with Gasteiger partial charge in [-0.05, 0) is 25.5 Å². The van der Waals surface area contributed by atoms with Crippen molar-refractivity contribution in [3.8, 4) is 0 Å². The van der Waals surface area contributed by atoms with E-state index in [1.165, 1.54) is 18.9 Å². The van der Waals surface area contributed by atoms with E-state index in [-0.39, 0.29) is 5.82 Å². The summed E-state index contributed by atoms with van der Waals surface area (Å²) < 4.78 is 13.2. The van der Waals surface area contributed by atoms with Crippen LogP contribution in [0.3, 0.4) is 0 Å². The maximum absolute atomic E-state index is 13.2. The molecule has 2 N–H and O–H groups in total. The zero-order valence-corrected chi connectivity index (χ0v) is 8.80. The summed E-state index contributed by atoms with van der Waals surface area (Å²) in [5.41, 5.74) is 0.746. The third kappa shape index (κ3) is 3.01. The number of hydrogen-bond acceptors (Lipinski definition) is 2. The van der Waals surface area contributed by atoms with Crippen LogP contribution in [-0.4, -0.2) is 19.1 Å². The highest BCUT2D eigenvalue weighted by atomic mass is 19.1. The summed E-state index contributed by atoms with van der Waals surface area (Å²) in [5, 5.41) is 6.68. The van der Waals surface area contributed by atoms with Gasteiger partial charge in [0.2, 0.25) is 0 Å². The van der Waals surface area contributed by atoms with E-state index in [0.29, 0.717) is 12.6 Å². The standard InChI is InChI=1S/C12H17FN2/c13-12-6-2-1-4-10(12)8-14-9-11-5-3-7-15-11/h1-2,4,6,11,14-15H,3,5,7-9H2/t11-/m1/s1. The number of hydrogen-bond donors (Lipinski definition) is 2. The number of rotatable bonds is 4. The monoisotopic (exact) mass is 208 g/mol. The molecule has 2 rings (SSSR count). The minimum Gasteiger partial charge on any atom is -0.313 e. The summed E-state index contributed by atoms with van der Waals surface area (Å²) >= 11 is 0. The van der Waals surface area contributed by atoms with Gasteiger partial charge < -0.3 is 10.6 Å². The lowest BCUT2D eigenvalue weighted by molar-refractivity contribution is 0.524. The molecule has 0 aliphatic carbocycles. The molecule has 1 fully saturated rings. The van der Waals surface area contributed by atoms with Gasteiger partial charge in [0.15, 0.2) is 0 Å². The van der Waals surface area contributed by atoms with Gasteiger partial charge in [-0.25, -0.2) is 4.39 Å². The molecule has 1 aliphatic heterocycles. The van der Waals surface area contributed by atoms with Crippen molar-refractivity contribution >= 4 is 0 Å². The molecule has 0 saturated carbocycles. The molecule has 1 aliphatic rings. The quantitative estimate of drug-likeness (QED) is 0.786. The Labute approximate surface area is 89.9 Å². The first-order valence-corrected chi connectivity index (χ1v) is 5.54. The molecular weight excluding hydrogens is 191 g/mol. The molecule has 0 bridgehead atoms. The second-order valence-corrected chi connectivity index (χ2v) is 4.02. The zero-order valence-electron chi connectivity index (χ0n) is 8.80. The zero-order chi connectivity index (χ0) is 10.5. The Hall–Kier alpha value is -0.930. The summed E-state index contributed by atoms with van der Waals surface area (Å²) in [6.07, 6.45) is 2.48. The van der Waals surface area contributed by atoms with Crippen LogP contribution in [0.5, 0.6) is 0 Å². The van der Waals surface area contributed by atoms with E-state index in [4.69, 9.17) is 0 Å². The van der Waals surface area contributed by atoms with Crippen LogP contribution >= 0.6 is 0 Å². The summed E-state index contributed by atoms with van der Waals surface area (Å²) in [5.74, 6) is -0.121. The highest BCUT2D eigenvalue weighted by Gasteiger charge is 2.12. The van der Waals surface area contributed by atoms with Crippen LogP contribution in [0.2, 0.25) is 0 Å². The van der Waals surface area contributed by atoms with Crippen LogP contribution in [-0.2, 0) is 6.54 Å². The van der Waals surface area contributed by atoms with Crippen molar-refractivity contribution in [2.45, 2.75) is 25.4 Å². The molecule has 82 valence electrons. The average molecular weight is 208 g/mol. The van der Waals surface area contributed by atoms with Gasteiger partial charge in [-0.15, -0.1) is 0 Å². The minimum atomic E-state index is -0.121. The van der Waals surface area contributed by atoms with E-state index < -0.39 is 0 Å². The average Bonchev–Trinajstić information content (AvgIpc) is 2.74. The fourth-order valence-corrected chi connectivity index (χ4v) is 1.95. The highest BCUT2D eigenvalue weighted by molar-refractivity contribution is 5.16. The lowest BCUT2D eigenvalue weighted by Crippen LogP contribution is -2.33. The summed E-state index contributed by atoms with van der Waals surface area (Å²) in [6, 6.07) is 7.48. The first-order valence-electron chi connectivity index (χ1n) is 5.54. The SMILES string of the molecule is Fc1ccccc1CNC[C@H]1CCCN1. The molecule has 0 spiro atoms. The predicted octanol–water partition coefficient (Wildman–Crippen LogP) is 1.67. The van der Waals surface area contributed by atoms with E-state index >= 15 is 0 Å². The van der Waals surface area contributed by atoms with Crippen LogP contribution in [0, 0.1) is 5.82 Å². The molecule has 1 aromatic carbocycles. The van der Waals surface area contributed by atoms with Gasteiger partial charge in [-0.1, -0.05) is 18.2 Å². The van der Waals surface area contributed by atoms with E-state index in [9.17, 15) is 4.39 Å². The van der Waals surface area contributed by atoms with E-state index in [2.05, 4.69) is 10.6 Å². The third-order valence-electron chi connectivity index (χ3n) is 2.83. The smallest absolute Gasteiger partial charge is 0.127 e. The molecule has 2 nitrogen and oxygen atoms in total. The Morgan fingerprint density at radius 1 is 1.40 bits per heavy atom. The largest absolute Gasteiger partial charge is 0.313 e. The normalized spacial score (nSPS) is 20.7. The van der Waals surface area contributed by atoms with E-state index in [1.807, 2.05) is 12.1 Å². The summed E-state index contributed by atoms with van der Waals surface area (Å²) in [4.78, 5) is 0. The number of nitrogens with one attached hydrogen (secondary N) is 2. The van der Waals surface area contributed by atoms with Gasteiger partial charge in [0.05, 0.1) is 0 Å². The Morgan fingerprint density at radius 3 is 3.00 bits per heavy atom. The first kappa shape index (κ1) is 10.6. The molecule has 1 aromatic rings. The van der Waals surface area contributed by atoms with Crippen molar-refractivity contribution in [2.24, 2.45) is 0 Å². The molecule has 15 heavy (non-hydrogen) atoms. The third-order valence-corrected chi connectivity index (χ3v) is 2.83.